The molecule has 32 heavy (non-hydrogen) atoms. The molecule has 0 aromatic heterocycles. The molecule has 4 heteroatoms. The van der Waals surface area contributed by atoms with E-state index in [1.54, 1.807) is 5.57 Å². The average Bonchev–Trinajstić information content (AvgIpc) is 2.80. The highest BCUT2D eigenvalue weighted by Gasteiger charge is 2.40. The molecule has 3 rings (SSSR count). The van der Waals surface area contributed by atoms with Crippen molar-refractivity contribution in [3.63, 3.8) is 0 Å². The molecule has 0 aliphatic heterocycles. The Bertz CT molecular complexity index is 637. The van der Waals surface area contributed by atoms with Crippen molar-refractivity contribution >= 4 is 5.97 Å². The van der Waals surface area contributed by atoms with Gasteiger partial charge in [-0.1, -0.05) is 44.8 Å². The summed E-state index contributed by atoms with van der Waals surface area (Å²) in [7, 11) is 0. The van der Waals surface area contributed by atoms with Gasteiger partial charge in [-0.05, 0) is 101 Å². The first-order chi connectivity index (χ1) is 15.1. The number of allylic oxidation sites excluding steroid dienone is 1. The number of aliphatic carboxylic acids is 1. The van der Waals surface area contributed by atoms with Crippen molar-refractivity contribution in [1.82, 2.24) is 5.32 Å². The number of nitrogens with one attached hydrogen (secondary N) is 1. The Hall–Kier alpha value is -0.870. The van der Waals surface area contributed by atoms with Crippen LogP contribution < -0.4 is 5.32 Å². The van der Waals surface area contributed by atoms with E-state index < -0.39 is 11.6 Å². The zero-order valence-electron chi connectivity index (χ0n) is 21.1. The number of carbonyl (C=O) groups is 1. The van der Waals surface area contributed by atoms with Crippen LogP contribution in [0.25, 0.3) is 0 Å². The van der Waals surface area contributed by atoms with Gasteiger partial charge in [0, 0.05) is 12.6 Å². The third-order valence-electron chi connectivity index (χ3n) is 9.13. The number of fused-ring (bicyclic) bond motifs is 3. The van der Waals surface area contributed by atoms with E-state index in [0.29, 0.717) is 18.5 Å². The van der Waals surface area contributed by atoms with Gasteiger partial charge in [-0.2, -0.15) is 0 Å². The zero-order valence-corrected chi connectivity index (χ0v) is 21.1. The summed E-state index contributed by atoms with van der Waals surface area (Å²) < 4.78 is 0. The fraction of sp³-hybridized carbons (Fsp3) is 0.893. The van der Waals surface area contributed by atoms with Crippen LogP contribution in [0.4, 0.5) is 0 Å². The predicted molar refractivity (Wildman–Crippen MR) is 131 cm³/mol. The van der Waals surface area contributed by atoms with Crippen molar-refractivity contribution in [3.8, 4) is 0 Å². The number of hydrogen-bond donors (Lipinski definition) is 3. The fourth-order valence-electron chi connectivity index (χ4n) is 7.05. The Balaban J connectivity index is 1.57. The molecule has 3 aliphatic carbocycles. The molecular formula is C28H49NO3. The minimum atomic E-state index is -0.710. The van der Waals surface area contributed by atoms with Crippen LogP contribution in [-0.4, -0.2) is 34.4 Å². The second-order valence-electron chi connectivity index (χ2n) is 12.1. The van der Waals surface area contributed by atoms with E-state index in [4.69, 9.17) is 5.11 Å². The summed E-state index contributed by atoms with van der Waals surface area (Å²) in [4.78, 5) is 10.8. The lowest BCUT2D eigenvalue weighted by molar-refractivity contribution is -0.136. The molecule has 0 heterocycles. The van der Waals surface area contributed by atoms with Crippen LogP contribution in [-0.2, 0) is 4.79 Å². The molecule has 2 saturated carbocycles. The highest BCUT2D eigenvalue weighted by Crippen LogP contribution is 2.49. The normalized spacial score (nSPS) is 34.8. The van der Waals surface area contributed by atoms with Gasteiger partial charge in [0.15, 0.2) is 0 Å². The number of rotatable bonds is 8. The summed E-state index contributed by atoms with van der Waals surface area (Å²) in [6.07, 6.45) is 16.5. The Morgan fingerprint density at radius 3 is 2.66 bits per heavy atom. The molecule has 7 atom stereocenters. The van der Waals surface area contributed by atoms with E-state index in [9.17, 15) is 9.90 Å². The maximum absolute atomic E-state index is 10.8. The smallest absolute Gasteiger partial charge is 0.304 e. The Morgan fingerprint density at radius 2 is 1.94 bits per heavy atom. The van der Waals surface area contributed by atoms with E-state index in [2.05, 4.69) is 25.2 Å². The molecule has 0 spiro atoms. The highest BCUT2D eigenvalue weighted by molar-refractivity contribution is 5.66. The summed E-state index contributed by atoms with van der Waals surface area (Å²) >= 11 is 0. The van der Waals surface area contributed by atoms with Crippen molar-refractivity contribution in [1.29, 1.82) is 0 Å². The number of aliphatic hydroxyl groups is 1. The Labute approximate surface area is 196 Å². The number of hydrogen-bond acceptors (Lipinski definition) is 3. The SMILES string of the molecule is CC(CCC(C)(C)O)C1CCCC2C3CCC(NCCC(=O)O)CC3=CCC2C(C)CC1. The lowest BCUT2D eigenvalue weighted by Crippen LogP contribution is -2.40. The fourth-order valence-corrected chi connectivity index (χ4v) is 7.05. The zero-order chi connectivity index (χ0) is 23.3. The van der Waals surface area contributed by atoms with E-state index in [1.807, 2.05) is 13.8 Å². The van der Waals surface area contributed by atoms with Crippen molar-refractivity contribution in [2.45, 2.75) is 116 Å². The number of carboxylic acid groups (broad SMARTS) is 1. The Kier molecular flexibility index (Phi) is 9.26. The van der Waals surface area contributed by atoms with Crippen LogP contribution in [0.15, 0.2) is 11.6 Å². The molecule has 0 radical (unpaired) electrons. The lowest BCUT2D eigenvalue weighted by Gasteiger charge is -2.45. The minimum absolute atomic E-state index is 0.219. The Morgan fingerprint density at radius 1 is 1.16 bits per heavy atom. The summed E-state index contributed by atoms with van der Waals surface area (Å²) in [5, 5.41) is 22.6. The van der Waals surface area contributed by atoms with Crippen molar-refractivity contribution in [2.75, 3.05) is 6.54 Å². The quantitative estimate of drug-likeness (QED) is 0.388. The standard InChI is InChI=1S/C28H49NO3/c1-19(14-16-28(3,4)32)21-6-5-7-26-24(20(2)8-9-21)12-10-22-18-23(11-13-25(22)26)29-17-15-27(30)31/h10,19-21,23-26,29,32H,5-9,11-18H2,1-4H3,(H,30,31). The topological polar surface area (TPSA) is 69.6 Å². The van der Waals surface area contributed by atoms with Crippen LogP contribution in [0, 0.1) is 35.5 Å². The predicted octanol–water partition coefficient (Wildman–Crippen LogP) is 6.19. The van der Waals surface area contributed by atoms with Crippen molar-refractivity contribution < 1.29 is 15.0 Å². The molecule has 3 aliphatic rings. The van der Waals surface area contributed by atoms with Crippen LogP contribution in [0.2, 0.25) is 0 Å². The molecule has 0 aromatic carbocycles. The maximum atomic E-state index is 10.8. The molecule has 0 amide bonds. The molecule has 3 N–H and O–H groups in total. The highest BCUT2D eigenvalue weighted by atomic mass is 16.4. The van der Waals surface area contributed by atoms with Gasteiger partial charge in [0.25, 0.3) is 0 Å². The van der Waals surface area contributed by atoms with Gasteiger partial charge in [0.2, 0.25) is 0 Å². The molecule has 0 aromatic rings. The van der Waals surface area contributed by atoms with E-state index in [-0.39, 0.29) is 6.42 Å². The first-order valence-corrected chi connectivity index (χ1v) is 13.5. The third kappa shape index (κ3) is 7.32. The van der Waals surface area contributed by atoms with E-state index in [0.717, 1.165) is 48.9 Å². The van der Waals surface area contributed by atoms with Gasteiger partial charge in [0.05, 0.1) is 12.0 Å². The van der Waals surface area contributed by atoms with Gasteiger partial charge < -0.3 is 15.5 Å². The van der Waals surface area contributed by atoms with Crippen molar-refractivity contribution in [2.24, 2.45) is 35.5 Å². The van der Waals surface area contributed by atoms with Crippen LogP contribution in [0.5, 0.6) is 0 Å². The lowest BCUT2D eigenvalue weighted by atomic mass is 9.61. The van der Waals surface area contributed by atoms with Gasteiger partial charge in [-0.25, -0.2) is 0 Å². The largest absolute Gasteiger partial charge is 0.481 e. The molecule has 0 bridgehead atoms. The van der Waals surface area contributed by atoms with Crippen LogP contribution >= 0.6 is 0 Å². The maximum Gasteiger partial charge on any atom is 0.304 e. The van der Waals surface area contributed by atoms with Gasteiger partial charge >= 0.3 is 5.97 Å². The molecule has 7 unspecified atom stereocenters. The monoisotopic (exact) mass is 447 g/mol. The molecule has 0 saturated heterocycles. The molecular weight excluding hydrogens is 398 g/mol. The molecule has 2 fully saturated rings. The van der Waals surface area contributed by atoms with Crippen LogP contribution in [0.1, 0.15) is 105 Å². The van der Waals surface area contributed by atoms with E-state index >= 15 is 0 Å². The summed E-state index contributed by atoms with van der Waals surface area (Å²) in [5.74, 6) is 4.04. The summed E-state index contributed by atoms with van der Waals surface area (Å²) in [5.41, 5.74) is 1.13. The second-order valence-corrected chi connectivity index (χ2v) is 12.1. The average molecular weight is 448 g/mol. The van der Waals surface area contributed by atoms with Crippen molar-refractivity contribution in [3.05, 3.63) is 11.6 Å². The second kappa shape index (κ2) is 11.5. The third-order valence-corrected chi connectivity index (χ3v) is 9.13. The molecule has 184 valence electrons. The summed E-state index contributed by atoms with van der Waals surface area (Å²) in [6, 6.07) is 0.461. The first kappa shape index (κ1) is 25.7. The van der Waals surface area contributed by atoms with Gasteiger partial charge in [0.1, 0.15) is 0 Å². The van der Waals surface area contributed by atoms with Gasteiger partial charge in [-0.15, -0.1) is 0 Å². The number of carboxylic acids is 1. The van der Waals surface area contributed by atoms with Crippen LogP contribution in [0.3, 0.4) is 0 Å². The van der Waals surface area contributed by atoms with Gasteiger partial charge in [-0.3, -0.25) is 4.79 Å². The molecule has 4 nitrogen and oxygen atoms in total. The van der Waals surface area contributed by atoms with E-state index in [1.165, 1.54) is 51.4 Å². The minimum Gasteiger partial charge on any atom is -0.481 e. The summed E-state index contributed by atoms with van der Waals surface area (Å²) in [6.45, 7) is 9.41. The first-order valence-electron chi connectivity index (χ1n) is 13.5.